The lowest BCUT2D eigenvalue weighted by Gasteiger charge is -2.14. The first-order valence-electron chi connectivity index (χ1n) is 8.41. The number of fused-ring (bicyclic) bond motifs is 1. The number of aldehydes is 1. The molecule has 0 aliphatic carbocycles. The van der Waals surface area contributed by atoms with Crippen molar-refractivity contribution in [2.75, 3.05) is 0 Å². The molecule has 0 aliphatic rings. The zero-order valence-electron chi connectivity index (χ0n) is 14.1. The van der Waals surface area contributed by atoms with Crippen LogP contribution in [-0.2, 0) is 0 Å². The van der Waals surface area contributed by atoms with Crippen molar-refractivity contribution in [3.8, 4) is 22.3 Å². The van der Waals surface area contributed by atoms with Crippen LogP contribution in [0.1, 0.15) is 15.9 Å². The van der Waals surface area contributed by atoms with Crippen LogP contribution in [0.3, 0.4) is 0 Å². The normalized spacial score (nSPS) is 10.8. The average Bonchev–Trinajstić information content (AvgIpc) is 2.68. The van der Waals surface area contributed by atoms with Crippen LogP contribution >= 0.6 is 0 Å². The van der Waals surface area contributed by atoms with Gasteiger partial charge in [-0.25, -0.2) is 0 Å². The SMILES string of the molecule is Cc1ccc(C=O)cc1-c1cccc2cccc(-c3ccccc3)c12. The summed E-state index contributed by atoms with van der Waals surface area (Å²) in [4.78, 5) is 11.3. The summed E-state index contributed by atoms with van der Waals surface area (Å²) in [6.45, 7) is 2.09. The standard InChI is InChI=1S/C24H18O/c1-17-13-14-18(16-25)15-23(17)22-12-6-10-20-9-5-11-21(24(20)22)19-7-3-2-4-8-19/h2-16H,1H3. The molecule has 120 valence electrons. The second kappa shape index (κ2) is 6.37. The molecule has 0 saturated carbocycles. The van der Waals surface area contributed by atoms with Crippen molar-refractivity contribution in [2.24, 2.45) is 0 Å². The van der Waals surface area contributed by atoms with Gasteiger partial charge in [-0.05, 0) is 51.6 Å². The Balaban J connectivity index is 2.08. The molecule has 0 atom stereocenters. The van der Waals surface area contributed by atoms with E-state index in [1.54, 1.807) is 0 Å². The van der Waals surface area contributed by atoms with Crippen LogP contribution in [-0.4, -0.2) is 6.29 Å². The van der Waals surface area contributed by atoms with Crippen LogP contribution < -0.4 is 0 Å². The lowest BCUT2D eigenvalue weighted by Crippen LogP contribution is -1.90. The van der Waals surface area contributed by atoms with Crippen molar-refractivity contribution in [3.05, 3.63) is 96.1 Å². The summed E-state index contributed by atoms with van der Waals surface area (Å²) in [6.07, 6.45) is 0.909. The number of carbonyl (C=O) groups excluding carboxylic acids is 1. The highest BCUT2D eigenvalue weighted by atomic mass is 16.1. The van der Waals surface area contributed by atoms with E-state index >= 15 is 0 Å². The fourth-order valence-corrected chi connectivity index (χ4v) is 3.43. The number of rotatable bonds is 3. The Bertz CT molecular complexity index is 1060. The molecule has 0 bridgehead atoms. The molecule has 0 aliphatic heterocycles. The molecule has 4 aromatic rings. The predicted molar refractivity (Wildman–Crippen MR) is 105 cm³/mol. The first kappa shape index (κ1) is 15.3. The minimum atomic E-state index is 0.704. The monoisotopic (exact) mass is 322 g/mol. The Labute approximate surface area is 147 Å². The van der Waals surface area contributed by atoms with Gasteiger partial charge < -0.3 is 0 Å². The molecule has 0 aromatic heterocycles. The Hall–Kier alpha value is -3.19. The lowest BCUT2D eigenvalue weighted by molar-refractivity contribution is 0.112. The van der Waals surface area contributed by atoms with Gasteiger partial charge in [-0.3, -0.25) is 4.79 Å². The molecule has 0 unspecified atom stereocenters. The summed E-state index contributed by atoms with van der Waals surface area (Å²) in [6, 6.07) is 29.1. The van der Waals surface area contributed by atoms with E-state index in [1.807, 2.05) is 24.3 Å². The Morgan fingerprint density at radius 1 is 0.680 bits per heavy atom. The van der Waals surface area contributed by atoms with Crippen LogP contribution in [0, 0.1) is 6.92 Å². The number of carbonyl (C=O) groups is 1. The molecule has 25 heavy (non-hydrogen) atoms. The van der Waals surface area contributed by atoms with Crippen LogP contribution in [0.5, 0.6) is 0 Å². The third kappa shape index (κ3) is 2.74. The van der Waals surface area contributed by atoms with Crippen LogP contribution in [0.25, 0.3) is 33.0 Å². The van der Waals surface area contributed by atoms with E-state index < -0.39 is 0 Å². The molecule has 1 heteroatoms. The van der Waals surface area contributed by atoms with Gasteiger partial charge in [0.25, 0.3) is 0 Å². The maximum atomic E-state index is 11.3. The number of aryl methyl sites for hydroxylation is 1. The summed E-state index contributed by atoms with van der Waals surface area (Å²) >= 11 is 0. The fraction of sp³-hybridized carbons (Fsp3) is 0.0417. The van der Waals surface area contributed by atoms with Crippen molar-refractivity contribution in [1.29, 1.82) is 0 Å². The van der Waals surface area contributed by atoms with Gasteiger partial charge in [-0.15, -0.1) is 0 Å². The minimum Gasteiger partial charge on any atom is -0.298 e. The molecular formula is C24H18O. The van der Waals surface area contributed by atoms with Gasteiger partial charge in [0.15, 0.2) is 0 Å². The van der Waals surface area contributed by atoms with Gasteiger partial charge in [0.2, 0.25) is 0 Å². The molecule has 0 N–H and O–H groups in total. The summed E-state index contributed by atoms with van der Waals surface area (Å²) in [5, 5.41) is 2.43. The predicted octanol–water partition coefficient (Wildman–Crippen LogP) is 6.29. The first-order valence-corrected chi connectivity index (χ1v) is 8.41. The summed E-state index contributed by atoms with van der Waals surface area (Å²) in [5.41, 5.74) is 6.56. The molecule has 0 amide bonds. The molecule has 1 nitrogen and oxygen atoms in total. The Kier molecular flexibility index (Phi) is 3.91. The van der Waals surface area contributed by atoms with E-state index in [0.717, 1.165) is 17.4 Å². The van der Waals surface area contributed by atoms with Gasteiger partial charge in [-0.1, -0.05) is 78.9 Å². The second-order valence-electron chi connectivity index (χ2n) is 6.27. The molecule has 0 spiro atoms. The minimum absolute atomic E-state index is 0.704. The molecule has 0 heterocycles. The molecule has 0 fully saturated rings. The van der Waals surface area contributed by atoms with Crippen molar-refractivity contribution in [3.63, 3.8) is 0 Å². The maximum Gasteiger partial charge on any atom is 0.150 e. The topological polar surface area (TPSA) is 17.1 Å². The van der Waals surface area contributed by atoms with Crippen LogP contribution in [0.15, 0.2) is 84.9 Å². The lowest BCUT2D eigenvalue weighted by atomic mass is 9.89. The third-order valence-electron chi connectivity index (χ3n) is 4.68. The first-order chi connectivity index (χ1) is 12.3. The number of hydrogen-bond donors (Lipinski definition) is 0. The second-order valence-corrected chi connectivity index (χ2v) is 6.27. The summed E-state index contributed by atoms with van der Waals surface area (Å²) in [5.74, 6) is 0. The number of hydrogen-bond acceptors (Lipinski definition) is 1. The van der Waals surface area contributed by atoms with Crippen molar-refractivity contribution < 1.29 is 4.79 Å². The maximum absolute atomic E-state index is 11.3. The van der Waals surface area contributed by atoms with E-state index in [9.17, 15) is 4.79 Å². The Morgan fingerprint density at radius 2 is 1.40 bits per heavy atom. The van der Waals surface area contributed by atoms with Gasteiger partial charge in [0.05, 0.1) is 0 Å². The highest BCUT2D eigenvalue weighted by Crippen LogP contribution is 2.37. The van der Waals surface area contributed by atoms with E-state index in [0.29, 0.717) is 5.56 Å². The highest BCUT2D eigenvalue weighted by molar-refractivity contribution is 6.07. The molecule has 0 saturated heterocycles. The molecule has 4 aromatic carbocycles. The van der Waals surface area contributed by atoms with Gasteiger partial charge in [0, 0.05) is 5.56 Å². The average molecular weight is 322 g/mol. The fourth-order valence-electron chi connectivity index (χ4n) is 3.43. The van der Waals surface area contributed by atoms with Crippen molar-refractivity contribution in [1.82, 2.24) is 0 Å². The summed E-state index contributed by atoms with van der Waals surface area (Å²) < 4.78 is 0. The zero-order chi connectivity index (χ0) is 17.2. The van der Waals surface area contributed by atoms with Crippen molar-refractivity contribution in [2.45, 2.75) is 6.92 Å². The largest absolute Gasteiger partial charge is 0.298 e. The molecular weight excluding hydrogens is 304 g/mol. The van der Waals surface area contributed by atoms with Gasteiger partial charge >= 0.3 is 0 Å². The van der Waals surface area contributed by atoms with Gasteiger partial charge in [-0.2, -0.15) is 0 Å². The highest BCUT2D eigenvalue weighted by Gasteiger charge is 2.12. The smallest absolute Gasteiger partial charge is 0.150 e. The van der Waals surface area contributed by atoms with E-state index in [4.69, 9.17) is 0 Å². The summed E-state index contributed by atoms with van der Waals surface area (Å²) in [7, 11) is 0. The zero-order valence-corrected chi connectivity index (χ0v) is 14.1. The molecule has 0 radical (unpaired) electrons. The van der Waals surface area contributed by atoms with Crippen molar-refractivity contribution >= 4 is 17.1 Å². The number of benzene rings is 4. The van der Waals surface area contributed by atoms with E-state index in [2.05, 4.69) is 67.6 Å². The van der Waals surface area contributed by atoms with E-state index in [-0.39, 0.29) is 0 Å². The Morgan fingerprint density at radius 3 is 2.12 bits per heavy atom. The quantitative estimate of drug-likeness (QED) is 0.405. The van der Waals surface area contributed by atoms with Gasteiger partial charge in [0.1, 0.15) is 6.29 Å². The molecule has 4 rings (SSSR count). The van der Waals surface area contributed by atoms with Crippen LogP contribution in [0.2, 0.25) is 0 Å². The van der Waals surface area contributed by atoms with Crippen LogP contribution in [0.4, 0.5) is 0 Å². The third-order valence-corrected chi connectivity index (χ3v) is 4.68. The van der Waals surface area contributed by atoms with E-state index in [1.165, 1.54) is 27.5 Å².